The fraction of sp³-hybridized carbons (Fsp3) is 0.278. The molecule has 1 aromatic carbocycles. The van der Waals surface area contributed by atoms with Crippen LogP contribution >= 0.6 is 23.6 Å². The topological polar surface area (TPSA) is 62.7 Å². The molecular weight excluding hydrogens is 352 g/mol. The van der Waals surface area contributed by atoms with Crippen molar-refractivity contribution in [1.82, 2.24) is 20.1 Å². The predicted octanol–water partition coefficient (Wildman–Crippen LogP) is 3.52. The van der Waals surface area contributed by atoms with Gasteiger partial charge in [-0.3, -0.25) is 14.5 Å². The number of benzene rings is 1. The molecule has 0 aliphatic heterocycles. The minimum Gasteiger partial charge on any atom is -0.355 e. The van der Waals surface area contributed by atoms with Gasteiger partial charge >= 0.3 is 0 Å². The molecule has 2 aromatic heterocycles. The summed E-state index contributed by atoms with van der Waals surface area (Å²) >= 11 is 6.90. The molecule has 5 nitrogen and oxygen atoms in total. The van der Waals surface area contributed by atoms with Crippen LogP contribution in [-0.2, 0) is 17.8 Å². The lowest BCUT2D eigenvalue weighted by Crippen LogP contribution is -2.33. The maximum Gasteiger partial charge on any atom is 0.221 e. The number of hydrogen-bond acceptors (Lipinski definition) is 4. The Kier molecular flexibility index (Phi) is 4.50. The summed E-state index contributed by atoms with van der Waals surface area (Å²) in [5, 5.41) is 12.1. The van der Waals surface area contributed by atoms with Gasteiger partial charge in [-0.2, -0.15) is 5.10 Å². The summed E-state index contributed by atoms with van der Waals surface area (Å²) in [5.74, 6) is 1.28. The molecule has 0 saturated carbocycles. The highest BCUT2D eigenvalue weighted by Gasteiger charge is 2.25. The van der Waals surface area contributed by atoms with E-state index >= 15 is 0 Å². The zero-order chi connectivity index (χ0) is 17.2. The van der Waals surface area contributed by atoms with Crippen molar-refractivity contribution in [3.05, 3.63) is 57.7 Å². The lowest BCUT2D eigenvalue weighted by atomic mass is 9.77. The predicted molar refractivity (Wildman–Crippen MR) is 101 cm³/mol. The van der Waals surface area contributed by atoms with E-state index in [-0.39, 0.29) is 5.91 Å². The fourth-order valence-electron chi connectivity index (χ4n) is 3.20. The number of thiophene rings is 1. The van der Waals surface area contributed by atoms with Gasteiger partial charge in [-0.1, -0.05) is 30.3 Å². The Morgan fingerprint density at radius 3 is 3.04 bits per heavy atom. The van der Waals surface area contributed by atoms with E-state index in [2.05, 4.69) is 39.8 Å². The van der Waals surface area contributed by atoms with E-state index in [9.17, 15) is 4.79 Å². The minimum absolute atomic E-state index is 0.0459. The molecule has 1 atom stereocenters. The summed E-state index contributed by atoms with van der Waals surface area (Å²) in [6.45, 7) is 1.22. The number of carbonyl (C=O) groups excluding carboxylic acids is 1. The van der Waals surface area contributed by atoms with Crippen LogP contribution in [0.2, 0.25) is 0 Å². The highest BCUT2D eigenvalue weighted by atomic mass is 32.1. The van der Waals surface area contributed by atoms with Crippen LogP contribution in [-0.4, -0.2) is 27.2 Å². The number of nitrogens with one attached hydrogen (secondary N) is 2. The van der Waals surface area contributed by atoms with Gasteiger partial charge in [0.25, 0.3) is 0 Å². The average Bonchev–Trinajstić information content (AvgIpc) is 3.23. The number of hydrogen-bond donors (Lipinski definition) is 2. The van der Waals surface area contributed by atoms with E-state index < -0.39 is 0 Å². The van der Waals surface area contributed by atoms with Crippen molar-refractivity contribution >= 4 is 29.5 Å². The Hall–Kier alpha value is -2.25. The number of fused-ring (bicyclic) bond motifs is 1. The molecule has 1 aliphatic rings. The van der Waals surface area contributed by atoms with Crippen LogP contribution < -0.4 is 5.32 Å². The van der Waals surface area contributed by atoms with Crippen LogP contribution in [0.1, 0.15) is 23.5 Å². The van der Waals surface area contributed by atoms with Crippen LogP contribution in [0.15, 0.2) is 41.8 Å². The molecule has 1 aliphatic carbocycles. The molecule has 2 heterocycles. The first-order valence-corrected chi connectivity index (χ1v) is 9.55. The number of aromatic amines is 1. The summed E-state index contributed by atoms with van der Waals surface area (Å²) in [7, 11) is 0. The quantitative estimate of drug-likeness (QED) is 0.653. The van der Waals surface area contributed by atoms with Crippen molar-refractivity contribution in [2.45, 2.75) is 25.3 Å². The summed E-state index contributed by atoms with van der Waals surface area (Å²) in [6.07, 6.45) is 1.44. The third kappa shape index (κ3) is 3.29. The van der Waals surface area contributed by atoms with Crippen molar-refractivity contribution in [1.29, 1.82) is 0 Å². The number of aromatic nitrogens is 3. The molecule has 0 spiro atoms. The second-order valence-electron chi connectivity index (χ2n) is 6.14. The van der Waals surface area contributed by atoms with Crippen molar-refractivity contribution in [3.63, 3.8) is 0 Å². The first-order valence-electron chi connectivity index (χ1n) is 8.26. The van der Waals surface area contributed by atoms with Gasteiger partial charge in [0.15, 0.2) is 10.6 Å². The van der Waals surface area contributed by atoms with Crippen LogP contribution in [0.5, 0.6) is 0 Å². The number of nitrogens with zero attached hydrogens (tertiary/aromatic N) is 2. The normalized spacial score (nSPS) is 15.4. The molecule has 25 heavy (non-hydrogen) atoms. The number of carbonyl (C=O) groups is 1. The lowest BCUT2D eigenvalue weighted by Gasteiger charge is -2.30. The molecule has 0 fully saturated rings. The second kappa shape index (κ2) is 6.93. The molecule has 0 radical (unpaired) electrons. The van der Waals surface area contributed by atoms with Gasteiger partial charge in [-0.15, -0.1) is 11.3 Å². The van der Waals surface area contributed by atoms with Crippen molar-refractivity contribution in [2.24, 2.45) is 0 Å². The number of H-pyrrole nitrogens is 1. The van der Waals surface area contributed by atoms with Gasteiger partial charge in [-0.25, -0.2) is 0 Å². The van der Waals surface area contributed by atoms with Crippen LogP contribution in [0.4, 0.5) is 0 Å². The van der Waals surface area contributed by atoms with Gasteiger partial charge in [0, 0.05) is 25.4 Å². The summed E-state index contributed by atoms with van der Waals surface area (Å²) < 4.78 is 2.43. The Bertz CT molecular complexity index is 942. The largest absolute Gasteiger partial charge is 0.355 e. The molecule has 0 saturated heterocycles. The molecule has 3 aromatic rings. The number of rotatable bonds is 6. The van der Waals surface area contributed by atoms with E-state index in [1.807, 2.05) is 22.1 Å². The van der Waals surface area contributed by atoms with Crippen LogP contribution in [0.25, 0.3) is 10.7 Å². The second-order valence-corrected chi connectivity index (χ2v) is 7.47. The van der Waals surface area contributed by atoms with Crippen LogP contribution in [0.3, 0.4) is 0 Å². The van der Waals surface area contributed by atoms with Crippen molar-refractivity contribution in [3.8, 4) is 10.7 Å². The zero-order valence-electron chi connectivity index (χ0n) is 13.6. The monoisotopic (exact) mass is 370 g/mol. The highest BCUT2D eigenvalue weighted by Crippen LogP contribution is 2.34. The zero-order valence-corrected chi connectivity index (χ0v) is 15.2. The molecule has 4 rings (SSSR count). The smallest absolute Gasteiger partial charge is 0.221 e. The van der Waals surface area contributed by atoms with E-state index in [1.165, 1.54) is 11.1 Å². The Balaban J connectivity index is 1.33. The van der Waals surface area contributed by atoms with E-state index in [1.54, 1.807) is 11.3 Å². The summed E-state index contributed by atoms with van der Waals surface area (Å²) in [6, 6.07) is 12.4. The van der Waals surface area contributed by atoms with Gasteiger partial charge in [0.1, 0.15) is 0 Å². The third-order valence-corrected chi connectivity index (χ3v) is 5.75. The third-order valence-electron chi connectivity index (χ3n) is 4.57. The minimum atomic E-state index is 0.0459. The van der Waals surface area contributed by atoms with Crippen molar-refractivity contribution in [2.75, 3.05) is 6.54 Å². The van der Waals surface area contributed by atoms with E-state index in [0.717, 1.165) is 17.1 Å². The first-order chi connectivity index (χ1) is 12.2. The Morgan fingerprint density at radius 2 is 2.24 bits per heavy atom. The number of amides is 1. The van der Waals surface area contributed by atoms with Gasteiger partial charge in [0.05, 0.1) is 4.88 Å². The maximum atomic E-state index is 12.2. The molecule has 0 unspecified atom stereocenters. The maximum absolute atomic E-state index is 12.2. The molecular formula is C18H18N4OS2. The lowest BCUT2D eigenvalue weighted by molar-refractivity contribution is -0.121. The SMILES string of the molecule is O=C(CCn1c(-c2cccs2)n[nH]c1=S)NC[C@H]1Cc2ccccc21. The molecule has 7 heteroatoms. The fourth-order valence-corrected chi connectivity index (χ4v) is 4.15. The molecule has 2 N–H and O–H groups in total. The Labute approximate surface area is 154 Å². The van der Waals surface area contributed by atoms with Crippen LogP contribution in [0, 0.1) is 4.77 Å². The van der Waals surface area contributed by atoms with Gasteiger partial charge in [0.2, 0.25) is 5.91 Å². The van der Waals surface area contributed by atoms with Crippen molar-refractivity contribution < 1.29 is 4.79 Å². The Morgan fingerprint density at radius 1 is 1.36 bits per heavy atom. The highest BCUT2D eigenvalue weighted by molar-refractivity contribution is 7.71. The summed E-state index contributed by atoms with van der Waals surface area (Å²) in [4.78, 5) is 13.3. The molecule has 1 amide bonds. The van der Waals surface area contributed by atoms with Gasteiger partial charge < -0.3 is 5.32 Å². The molecule has 0 bridgehead atoms. The van der Waals surface area contributed by atoms with E-state index in [4.69, 9.17) is 12.2 Å². The summed E-state index contributed by atoms with van der Waals surface area (Å²) in [5.41, 5.74) is 2.76. The molecule has 128 valence electrons. The standard InChI is InChI=1S/C18H18N4OS2/c23-16(19-11-13-10-12-4-1-2-5-14(12)13)7-8-22-17(20-21-18(22)24)15-6-3-9-25-15/h1-6,9,13H,7-8,10-11H2,(H,19,23)(H,21,24)/t13-/m1/s1. The first kappa shape index (κ1) is 16.2. The average molecular weight is 371 g/mol. The van der Waals surface area contributed by atoms with Gasteiger partial charge in [-0.05, 0) is 41.2 Å². The van der Waals surface area contributed by atoms with E-state index in [0.29, 0.717) is 30.2 Å².